The van der Waals surface area contributed by atoms with Gasteiger partial charge in [0.2, 0.25) is 0 Å². The van der Waals surface area contributed by atoms with Crippen LogP contribution in [-0.4, -0.2) is 31.6 Å². The molecule has 1 heterocycles. The summed E-state index contributed by atoms with van der Waals surface area (Å²) in [6.45, 7) is 2.80. The van der Waals surface area contributed by atoms with Crippen molar-refractivity contribution in [2.24, 2.45) is 0 Å². The number of hydrogen-bond acceptors (Lipinski definition) is 5. The number of ether oxygens (including phenoxy) is 3. The van der Waals surface area contributed by atoms with E-state index in [1.54, 1.807) is 30.3 Å². The van der Waals surface area contributed by atoms with Crippen LogP contribution >= 0.6 is 0 Å². The van der Waals surface area contributed by atoms with Gasteiger partial charge in [0.05, 0.1) is 0 Å². The fourth-order valence-corrected chi connectivity index (χ4v) is 2.52. The van der Waals surface area contributed by atoms with Gasteiger partial charge in [0, 0.05) is 11.6 Å². The van der Waals surface area contributed by atoms with Crippen LogP contribution in [-0.2, 0) is 16.0 Å². The fourth-order valence-electron chi connectivity index (χ4n) is 2.52. The van der Waals surface area contributed by atoms with E-state index in [2.05, 4.69) is 0 Å². The zero-order valence-corrected chi connectivity index (χ0v) is 14.6. The molecule has 0 spiro atoms. The van der Waals surface area contributed by atoms with Gasteiger partial charge in [0.15, 0.2) is 23.9 Å². The molecular weight excluding hydrogens is 332 g/mol. The summed E-state index contributed by atoms with van der Waals surface area (Å²) in [6.07, 6.45) is 3.81. The smallest absolute Gasteiger partial charge is 0.331 e. The van der Waals surface area contributed by atoms with Crippen molar-refractivity contribution in [3.63, 3.8) is 0 Å². The van der Waals surface area contributed by atoms with Gasteiger partial charge in [-0.15, -0.1) is 0 Å². The summed E-state index contributed by atoms with van der Waals surface area (Å²) in [5.74, 6) is 0.542. The first-order chi connectivity index (χ1) is 12.7. The second kappa shape index (κ2) is 8.34. The van der Waals surface area contributed by atoms with Gasteiger partial charge in [-0.1, -0.05) is 37.3 Å². The SMILES string of the molecule is CCc1ccc(C(=O)COC(=O)/C=C/c2ccc3c(c2)OCCO3)cc1. The van der Waals surface area contributed by atoms with E-state index in [0.29, 0.717) is 30.3 Å². The molecule has 0 amide bonds. The molecule has 0 bridgehead atoms. The number of carbonyl (C=O) groups is 2. The summed E-state index contributed by atoms with van der Waals surface area (Å²) in [6, 6.07) is 12.7. The predicted molar refractivity (Wildman–Crippen MR) is 97.6 cm³/mol. The van der Waals surface area contributed by atoms with E-state index in [4.69, 9.17) is 14.2 Å². The molecule has 134 valence electrons. The summed E-state index contributed by atoms with van der Waals surface area (Å²) in [5, 5.41) is 0. The van der Waals surface area contributed by atoms with Crippen LogP contribution in [0.15, 0.2) is 48.5 Å². The molecule has 3 rings (SSSR count). The quantitative estimate of drug-likeness (QED) is 0.453. The minimum atomic E-state index is -0.571. The third-order valence-electron chi connectivity index (χ3n) is 4.01. The van der Waals surface area contributed by atoms with E-state index in [1.807, 2.05) is 25.1 Å². The Hall–Kier alpha value is -3.08. The standard InChI is InChI=1S/C21H20O5/c1-2-15-3-7-17(8-4-15)18(22)14-26-21(23)10-6-16-5-9-19-20(13-16)25-12-11-24-19/h3-10,13H,2,11-12,14H2,1H3/b10-6+. The topological polar surface area (TPSA) is 61.8 Å². The Morgan fingerprint density at radius 3 is 2.50 bits per heavy atom. The molecule has 0 atom stereocenters. The molecule has 0 aliphatic carbocycles. The molecule has 26 heavy (non-hydrogen) atoms. The summed E-state index contributed by atoms with van der Waals surface area (Å²) in [7, 11) is 0. The van der Waals surface area contributed by atoms with Gasteiger partial charge in [-0.05, 0) is 35.8 Å². The van der Waals surface area contributed by atoms with Crippen LogP contribution in [0.3, 0.4) is 0 Å². The van der Waals surface area contributed by atoms with Crippen molar-refractivity contribution < 1.29 is 23.8 Å². The highest BCUT2D eigenvalue weighted by Crippen LogP contribution is 2.31. The number of ketones is 1. The van der Waals surface area contributed by atoms with Gasteiger partial charge < -0.3 is 14.2 Å². The predicted octanol–water partition coefficient (Wildman–Crippen LogP) is 3.46. The van der Waals surface area contributed by atoms with Crippen LogP contribution in [0.25, 0.3) is 6.08 Å². The lowest BCUT2D eigenvalue weighted by Crippen LogP contribution is -2.15. The zero-order valence-electron chi connectivity index (χ0n) is 14.6. The normalized spacial score (nSPS) is 12.8. The molecule has 0 radical (unpaired) electrons. The molecular formula is C21H20O5. The largest absolute Gasteiger partial charge is 0.486 e. The molecule has 0 unspecified atom stereocenters. The van der Waals surface area contributed by atoms with Crippen molar-refractivity contribution >= 4 is 17.8 Å². The van der Waals surface area contributed by atoms with E-state index in [0.717, 1.165) is 17.5 Å². The van der Waals surface area contributed by atoms with Gasteiger partial charge in [0.1, 0.15) is 13.2 Å². The molecule has 5 nitrogen and oxygen atoms in total. The number of carbonyl (C=O) groups excluding carboxylic acids is 2. The number of hydrogen-bond donors (Lipinski definition) is 0. The van der Waals surface area contributed by atoms with Crippen molar-refractivity contribution in [2.45, 2.75) is 13.3 Å². The molecule has 0 saturated carbocycles. The third kappa shape index (κ3) is 4.51. The lowest BCUT2D eigenvalue weighted by Gasteiger charge is -2.18. The highest BCUT2D eigenvalue weighted by Gasteiger charge is 2.11. The third-order valence-corrected chi connectivity index (χ3v) is 4.01. The molecule has 0 saturated heterocycles. The molecule has 2 aromatic rings. The molecule has 0 fully saturated rings. The van der Waals surface area contributed by atoms with Crippen molar-refractivity contribution in [2.75, 3.05) is 19.8 Å². The van der Waals surface area contributed by atoms with E-state index < -0.39 is 5.97 Å². The Bertz CT molecular complexity index is 821. The second-order valence-corrected chi connectivity index (χ2v) is 5.82. The first-order valence-corrected chi connectivity index (χ1v) is 8.52. The van der Waals surface area contributed by atoms with E-state index >= 15 is 0 Å². The lowest BCUT2D eigenvalue weighted by molar-refractivity contribution is -0.136. The number of esters is 1. The average Bonchev–Trinajstić information content (AvgIpc) is 2.70. The van der Waals surface area contributed by atoms with Gasteiger partial charge >= 0.3 is 5.97 Å². The Morgan fingerprint density at radius 2 is 1.77 bits per heavy atom. The van der Waals surface area contributed by atoms with Gasteiger partial charge in [-0.2, -0.15) is 0 Å². The monoisotopic (exact) mass is 352 g/mol. The number of fused-ring (bicyclic) bond motifs is 1. The maximum atomic E-state index is 12.1. The molecule has 2 aromatic carbocycles. The average molecular weight is 352 g/mol. The highest BCUT2D eigenvalue weighted by molar-refractivity contribution is 5.98. The zero-order chi connectivity index (χ0) is 18.4. The Labute approximate surface area is 152 Å². The van der Waals surface area contributed by atoms with Crippen LogP contribution in [0.1, 0.15) is 28.4 Å². The van der Waals surface area contributed by atoms with E-state index in [9.17, 15) is 9.59 Å². The first kappa shape index (κ1) is 17.7. The maximum absolute atomic E-state index is 12.1. The molecule has 0 aromatic heterocycles. The van der Waals surface area contributed by atoms with E-state index in [1.165, 1.54) is 6.08 Å². The Balaban J connectivity index is 1.53. The minimum absolute atomic E-state index is 0.228. The lowest BCUT2D eigenvalue weighted by atomic mass is 10.1. The van der Waals surface area contributed by atoms with Crippen LogP contribution in [0.5, 0.6) is 11.5 Å². The van der Waals surface area contributed by atoms with Gasteiger partial charge in [-0.3, -0.25) is 4.79 Å². The second-order valence-electron chi connectivity index (χ2n) is 5.82. The first-order valence-electron chi connectivity index (χ1n) is 8.52. The molecule has 1 aliphatic heterocycles. The minimum Gasteiger partial charge on any atom is -0.486 e. The van der Waals surface area contributed by atoms with Crippen LogP contribution in [0.2, 0.25) is 0 Å². The van der Waals surface area contributed by atoms with Crippen molar-refractivity contribution in [1.82, 2.24) is 0 Å². The highest BCUT2D eigenvalue weighted by atomic mass is 16.6. The van der Waals surface area contributed by atoms with Crippen molar-refractivity contribution in [3.8, 4) is 11.5 Å². The van der Waals surface area contributed by atoms with Gasteiger partial charge in [-0.25, -0.2) is 4.79 Å². The Kier molecular flexibility index (Phi) is 5.69. The molecule has 1 aliphatic rings. The molecule has 5 heteroatoms. The summed E-state index contributed by atoms with van der Waals surface area (Å²) in [5.41, 5.74) is 2.47. The van der Waals surface area contributed by atoms with Crippen molar-refractivity contribution in [3.05, 3.63) is 65.2 Å². The Morgan fingerprint density at radius 1 is 1.04 bits per heavy atom. The fraction of sp³-hybridized carbons (Fsp3) is 0.238. The van der Waals surface area contributed by atoms with Crippen LogP contribution < -0.4 is 9.47 Å². The summed E-state index contributed by atoms with van der Waals surface area (Å²) >= 11 is 0. The van der Waals surface area contributed by atoms with Crippen LogP contribution in [0, 0.1) is 0 Å². The maximum Gasteiger partial charge on any atom is 0.331 e. The summed E-state index contributed by atoms with van der Waals surface area (Å²) < 4.78 is 16.0. The van der Waals surface area contributed by atoms with E-state index in [-0.39, 0.29) is 12.4 Å². The number of Topliss-reactive ketones (excluding diaryl/α,β-unsaturated/α-hetero) is 1. The van der Waals surface area contributed by atoms with Crippen LogP contribution in [0.4, 0.5) is 0 Å². The van der Waals surface area contributed by atoms with Gasteiger partial charge in [0.25, 0.3) is 0 Å². The van der Waals surface area contributed by atoms with Crippen molar-refractivity contribution in [1.29, 1.82) is 0 Å². The number of rotatable bonds is 6. The number of aryl methyl sites for hydroxylation is 1. The summed E-state index contributed by atoms with van der Waals surface area (Å²) in [4.78, 5) is 23.9. The number of benzene rings is 2. The molecule has 0 N–H and O–H groups in total.